The van der Waals surface area contributed by atoms with Crippen LogP contribution in [-0.2, 0) is 6.42 Å². The fourth-order valence-corrected chi connectivity index (χ4v) is 6.48. The molecular weight excluding hydrogens is 319 g/mol. The fourth-order valence-electron chi connectivity index (χ4n) is 2.90. The Morgan fingerprint density at radius 1 is 0.696 bits per heavy atom. The molecule has 2 heteroatoms. The van der Waals surface area contributed by atoms with E-state index in [9.17, 15) is 0 Å². The molecule has 0 unspecified atom stereocenters. The van der Waals surface area contributed by atoms with Gasteiger partial charge in [-0.3, -0.25) is 0 Å². The van der Waals surface area contributed by atoms with Gasteiger partial charge in [-0.25, -0.2) is 0 Å². The minimum Gasteiger partial charge on any atom is -0.0620 e. The molecule has 3 rings (SSSR count). The largest absolute Gasteiger partial charge is 0.178 e. The molecule has 116 valence electrons. The molecular formula is C21H21ClP+. The average molecular weight is 340 g/mol. The second kappa shape index (κ2) is 7.30. The van der Waals surface area contributed by atoms with Crippen molar-refractivity contribution in [2.45, 2.75) is 13.3 Å². The summed E-state index contributed by atoms with van der Waals surface area (Å²) in [5.41, 5.74) is 2.74. The van der Waals surface area contributed by atoms with Gasteiger partial charge in [-0.1, -0.05) is 60.7 Å². The lowest BCUT2D eigenvalue weighted by atomic mass is 10.1. The first-order valence-electron chi connectivity index (χ1n) is 7.93. The molecule has 0 aliphatic carbocycles. The Hall–Kier alpha value is -1.62. The van der Waals surface area contributed by atoms with E-state index >= 15 is 0 Å². The van der Waals surface area contributed by atoms with E-state index in [4.69, 9.17) is 11.2 Å². The highest BCUT2D eigenvalue weighted by Gasteiger charge is 2.41. The zero-order chi connectivity index (χ0) is 16.1. The minimum absolute atomic E-state index is 0.980. The Bertz CT molecular complexity index is 714. The molecule has 0 amide bonds. The molecule has 0 N–H and O–H groups in total. The van der Waals surface area contributed by atoms with Gasteiger partial charge < -0.3 is 0 Å². The third kappa shape index (κ3) is 3.66. The topological polar surface area (TPSA) is 0 Å². The lowest BCUT2D eigenvalue weighted by molar-refractivity contribution is 1.12. The summed E-state index contributed by atoms with van der Waals surface area (Å²) in [7, 11) is 0. The first-order valence-corrected chi connectivity index (χ1v) is 10.8. The van der Waals surface area contributed by atoms with Gasteiger partial charge in [0.05, 0.1) is 17.4 Å². The van der Waals surface area contributed by atoms with Gasteiger partial charge in [-0.2, -0.15) is 0 Å². The molecule has 0 spiro atoms. The van der Waals surface area contributed by atoms with Crippen LogP contribution < -0.4 is 10.6 Å². The van der Waals surface area contributed by atoms with Crippen molar-refractivity contribution in [3.63, 3.8) is 0 Å². The van der Waals surface area contributed by atoms with E-state index in [0.29, 0.717) is 0 Å². The van der Waals surface area contributed by atoms with Crippen LogP contribution in [0.4, 0.5) is 0 Å². The van der Waals surface area contributed by atoms with Crippen molar-refractivity contribution in [1.29, 1.82) is 0 Å². The molecule has 0 saturated heterocycles. The first-order chi connectivity index (χ1) is 11.2. The summed E-state index contributed by atoms with van der Waals surface area (Å²) in [6, 6.07) is 29.7. The minimum atomic E-state index is -1.89. The Balaban J connectivity index is 1.95. The van der Waals surface area contributed by atoms with Crippen LogP contribution in [0.2, 0.25) is 0 Å². The van der Waals surface area contributed by atoms with E-state index in [1.165, 1.54) is 21.7 Å². The van der Waals surface area contributed by atoms with Gasteiger partial charge in [-0.05, 0) is 42.3 Å². The van der Waals surface area contributed by atoms with Crippen molar-refractivity contribution in [2.24, 2.45) is 0 Å². The Labute approximate surface area is 144 Å². The van der Waals surface area contributed by atoms with Crippen LogP contribution >= 0.6 is 17.9 Å². The summed E-state index contributed by atoms with van der Waals surface area (Å²) in [6.07, 6.45) is 1.99. The number of hydrogen-bond donors (Lipinski definition) is 0. The van der Waals surface area contributed by atoms with Gasteiger partial charge >= 0.3 is 0 Å². The van der Waals surface area contributed by atoms with E-state index in [1.807, 2.05) is 0 Å². The van der Waals surface area contributed by atoms with Crippen LogP contribution in [0.3, 0.4) is 0 Å². The summed E-state index contributed by atoms with van der Waals surface area (Å²) < 4.78 is 0. The molecule has 3 aromatic rings. The number of halogens is 1. The Morgan fingerprint density at radius 2 is 1.17 bits per heavy atom. The zero-order valence-electron chi connectivity index (χ0n) is 13.3. The predicted octanol–water partition coefficient (Wildman–Crippen LogP) is 5.36. The van der Waals surface area contributed by atoms with Crippen molar-refractivity contribution in [3.8, 4) is 0 Å². The van der Waals surface area contributed by atoms with Crippen LogP contribution in [0.1, 0.15) is 11.1 Å². The summed E-state index contributed by atoms with van der Waals surface area (Å²) in [5, 5.41) is 2.53. The normalized spacial score (nSPS) is 11.4. The maximum absolute atomic E-state index is 7.30. The molecule has 0 atom stereocenters. The van der Waals surface area contributed by atoms with E-state index < -0.39 is 6.62 Å². The Kier molecular flexibility index (Phi) is 5.16. The highest BCUT2D eigenvalue weighted by molar-refractivity contribution is 8.09. The van der Waals surface area contributed by atoms with Crippen molar-refractivity contribution in [2.75, 3.05) is 6.16 Å². The van der Waals surface area contributed by atoms with Crippen LogP contribution in [-0.4, -0.2) is 6.16 Å². The molecule has 0 heterocycles. The standard InChI is InChI=1S/C21H21ClP/c1-18-10-8-9-11-19(18)16-17-23(22,20-12-4-2-5-13-20)21-14-6-3-7-15-21/h2-15H,16-17H2,1H3/q+1. The SMILES string of the molecule is Cc1ccccc1CC[P+](Cl)(c1ccccc1)c1ccccc1. The fraction of sp³-hybridized carbons (Fsp3) is 0.143. The summed E-state index contributed by atoms with van der Waals surface area (Å²) in [5.74, 6) is 0. The van der Waals surface area contributed by atoms with Crippen molar-refractivity contribution >= 4 is 28.5 Å². The van der Waals surface area contributed by atoms with Gasteiger partial charge in [0.1, 0.15) is 10.6 Å². The summed E-state index contributed by atoms with van der Waals surface area (Å²) >= 11 is 7.30. The Morgan fingerprint density at radius 3 is 1.70 bits per heavy atom. The van der Waals surface area contributed by atoms with Crippen LogP contribution in [0.15, 0.2) is 84.9 Å². The number of rotatable bonds is 5. The van der Waals surface area contributed by atoms with E-state index in [2.05, 4.69) is 91.9 Å². The number of benzene rings is 3. The van der Waals surface area contributed by atoms with Crippen LogP contribution in [0, 0.1) is 6.92 Å². The smallest absolute Gasteiger partial charge is 0.0620 e. The molecule has 0 radical (unpaired) electrons. The highest BCUT2D eigenvalue weighted by Crippen LogP contribution is 2.61. The second-order valence-corrected chi connectivity index (χ2v) is 10.4. The maximum atomic E-state index is 7.30. The molecule has 23 heavy (non-hydrogen) atoms. The van der Waals surface area contributed by atoms with Crippen molar-refractivity contribution in [3.05, 3.63) is 96.1 Å². The molecule has 0 aliphatic rings. The predicted molar refractivity (Wildman–Crippen MR) is 105 cm³/mol. The van der Waals surface area contributed by atoms with E-state index in [1.54, 1.807) is 0 Å². The van der Waals surface area contributed by atoms with E-state index in [-0.39, 0.29) is 0 Å². The lowest BCUT2D eigenvalue weighted by Crippen LogP contribution is -2.21. The van der Waals surface area contributed by atoms with Crippen molar-refractivity contribution in [1.82, 2.24) is 0 Å². The molecule has 0 aliphatic heterocycles. The molecule has 0 aromatic heterocycles. The summed E-state index contributed by atoms with van der Waals surface area (Å²) in [4.78, 5) is 0. The molecule has 0 saturated carbocycles. The third-order valence-corrected chi connectivity index (χ3v) is 9.03. The maximum Gasteiger partial charge on any atom is 0.178 e. The molecule has 0 nitrogen and oxygen atoms in total. The quantitative estimate of drug-likeness (QED) is 0.549. The monoisotopic (exact) mass is 339 g/mol. The van der Waals surface area contributed by atoms with Crippen LogP contribution in [0.5, 0.6) is 0 Å². The highest BCUT2D eigenvalue weighted by atomic mass is 35.7. The van der Waals surface area contributed by atoms with Crippen molar-refractivity contribution < 1.29 is 0 Å². The van der Waals surface area contributed by atoms with Gasteiger partial charge in [0.2, 0.25) is 0 Å². The second-order valence-electron chi connectivity index (χ2n) is 5.79. The first kappa shape index (κ1) is 16.2. The number of hydrogen-bond acceptors (Lipinski definition) is 0. The zero-order valence-corrected chi connectivity index (χ0v) is 15.0. The molecule has 0 bridgehead atoms. The van der Waals surface area contributed by atoms with Gasteiger partial charge in [0.25, 0.3) is 0 Å². The van der Waals surface area contributed by atoms with E-state index in [0.717, 1.165) is 12.6 Å². The van der Waals surface area contributed by atoms with Gasteiger partial charge in [0, 0.05) is 6.42 Å². The molecule has 0 fully saturated rings. The third-order valence-electron chi connectivity index (χ3n) is 4.28. The van der Waals surface area contributed by atoms with Crippen LogP contribution in [0.25, 0.3) is 0 Å². The molecule has 3 aromatic carbocycles. The summed E-state index contributed by atoms with van der Waals surface area (Å²) in [6.45, 7) is 0.288. The van der Waals surface area contributed by atoms with Gasteiger partial charge in [0.15, 0.2) is 6.62 Å². The average Bonchev–Trinajstić information content (AvgIpc) is 2.62. The lowest BCUT2D eigenvalue weighted by Gasteiger charge is -2.19. The number of aryl methyl sites for hydroxylation is 2. The van der Waals surface area contributed by atoms with Gasteiger partial charge in [-0.15, -0.1) is 0 Å².